The van der Waals surface area contributed by atoms with E-state index in [4.69, 9.17) is 0 Å². The van der Waals surface area contributed by atoms with E-state index < -0.39 is 0 Å². The third kappa shape index (κ3) is 2.36. The number of hydrogen-bond acceptors (Lipinski definition) is 1. The van der Waals surface area contributed by atoms with Gasteiger partial charge in [-0.3, -0.25) is 4.79 Å². The van der Waals surface area contributed by atoms with Crippen molar-refractivity contribution in [2.75, 3.05) is 0 Å². The number of carbonyl (C=O) groups is 1. The minimum Gasteiger partial charge on any atom is -0.351 e. The van der Waals surface area contributed by atoms with Gasteiger partial charge in [-0.2, -0.15) is 0 Å². The monoisotopic (exact) mass is 237 g/mol. The summed E-state index contributed by atoms with van der Waals surface area (Å²) in [6, 6.07) is 0. The van der Waals surface area contributed by atoms with Crippen molar-refractivity contribution < 1.29 is 4.79 Å². The third-order valence-corrected chi connectivity index (χ3v) is 5.27. The molecule has 0 aromatic carbocycles. The second-order valence-corrected chi connectivity index (χ2v) is 6.72. The summed E-state index contributed by atoms with van der Waals surface area (Å²) in [5.74, 6) is 1.18. The van der Waals surface area contributed by atoms with Crippen molar-refractivity contribution in [3.05, 3.63) is 0 Å². The molecular formula is C15H27NO. The molecule has 0 bridgehead atoms. The zero-order valence-electron chi connectivity index (χ0n) is 11.6. The molecule has 0 radical (unpaired) electrons. The average molecular weight is 237 g/mol. The molecule has 2 heteroatoms. The standard InChI is InChI=1S/C15H27NO/c1-4-6-12-7-5-9-15(10-8-12)11-13(17)16-14(15,2)3/h12H,4-11H2,1-3H3,(H,16,17). The van der Waals surface area contributed by atoms with Crippen LogP contribution < -0.4 is 5.32 Å². The molecule has 1 aliphatic carbocycles. The van der Waals surface area contributed by atoms with Gasteiger partial charge >= 0.3 is 0 Å². The van der Waals surface area contributed by atoms with E-state index in [0.717, 1.165) is 12.3 Å². The van der Waals surface area contributed by atoms with E-state index in [2.05, 4.69) is 26.1 Å². The van der Waals surface area contributed by atoms with Crippen molar-refractivity contribution in [1.82, 2.24) is 5.32 Å². The van der Waals surface area contributed by atoms with E-state index in [9.17, 15) is 4.79 Å². The van der Waals surface area contributed by atoms with Crippen LogP contribution in [0.4, 0.5) is 0 Å². The predicted octanol–water partition coefficient (Wildman–Crippen LogP) is 3.65. The first-order valence-corrected chi connectivity index (χ1v) is 7.30. The summed E-state index contributed by atoms with van der Waals surface area (Å²) in [6.07, 6.45) is 9.92. The lowest BCUT2D eigenvalue weighted by Crippen LogP contribution is -2.46. The second kappa shape index (κ2) is 4.62. The quantitative estimate of drug-likeness (QED) is 0.780. The minimum absolute atomic E-state index is 0.00515. The van der Waals surface area contributed by atoms with Gasteiger partial charge in [-0.1, -0.05) is 32.6 Å². The fourth-order valence-corrected chi connectivity index (χ4v) is 4.03. The summed E-state index contributed by atoms with van der Waals surface area (Å²) in [6.45, 7) is 6.72. The van der Waals surface area contributed by atoms with Gasteiger partial charge in [0.25, 0.3) is 0 Å². The van der Waals surface area contributed by atoms with Gasteiger partial charge in [0, 0.05) is 17.4 Å². The lowest BCUT2D eigenvalue weighted by atomic mass is 9.67. The van der Waals surface area contributed by atoms with Crippen LogP contribution in [0.3, 0.4) is 0 Å². The van der Waals surface area contributed by atoms with Crippen LogP contribution in [0, 0.1) is 11.3 Å². The van der Waals surface area contributed by atoms with Gasteiger partial charge in [0.05, 0.1) is 0 Å². The van der Waals surface area contributed by atoms with Crippen molar-refractivity contribution in [1.29, 1.82) is 0 Å². The van der Waals surface area contributed by atoms with Crippen LogP contribution >= 0.6 is 0 Å². The van der Waals surface area contributed by atoms with E-state index >= 15 is 0 Å². The van der Waals surface area contributed by atoms with Crippen LogP contribution in [0.1, 0.15) is 72.1 Å². The highest BCUT2D eigenvalue weighted by Crippen LogP contribution is 2.50. The maximum Gasteiger partial charge on any atom is 0.221 e. The Bertz CT molecular complexity index is 297. The lowest BCUT2D eigenvalue weighted by molar-refractivity contribution is -0.120. The normalized spacial score (nSPS) is 36.9. The van der Waals surface area contributed by atoms with Crippen molar-refractivity contribution in [3.8, 4) is 0 Å². The highest BCUT2D eigenvalue weighted by Gasteiger charge is 2.52. The topological polar surface area (TPSA) is 29.1 Å². The van der Waals surface area contributed by atoms with Crippen LogP contribution in [0.2, 0.25) is 0 Å². The Morgan fingerprint density at radius 1 is 1.29 bits per heavy atom. The van der Waals surface area contributed by atoms with Gasteiger partial charge in [0.15, 0.2) is 0 Å². The molecule has 1 saturated carbocycles. The highest BCUT2D eigenvalue weighted by atomic mass is 16.2. The number of hydrogen-bond donors (Lipinski definition) is 1. The van der Waals surface area contributed by atoms with E-state index in [1.54, 1.807) is 0 Å². The first-order chi connectivity index (χ1) is 7.99. The van der Waals surface area contributed by atoms with Crippen molar-refractivity contribution in [2.45, 2.75) is 77.7 Å². The Balaban J connectivity index is 2.09. The molecule has 0 aromatic rings. The predicted molar refractivity (Wildman–Crippen MR) is 70.8 cm³/mol. The first-order valence-electron chi connectivity index (χ1n) is 7.30. The van der Waals surface area contributed by atoms with Gasteiger partial charge in [-0.15, -0.1) is 0 Å². The van der Waals surface area contributed by atoms with Crippen molar-refractivity contribution in [3.63, 3.8) is 0 Å². The molecule has 2 aliphatic rings. The number of rotatable bonds is 2. The van der Waals surface area contributed by atoms with E-state index in [1.165, 1.54) is 44.9 Å². The number of carbonyl (C=O) groups excluding carboxylic acids is 1. The molecule has 1 amide bonds. The van der Waals surface area contributed by atoms with Crippen LogP contribution in [0.25, 0.3) is 0 Å². The molecular weight excluding hydrogens is 210 g/mol. The Morgan fingerprint density at radius 2 is 2.06 bits per heavy atom. The highest BCUT2D eigenvalue weighted by molar-refractivity contribution is 5.80. The summed E-state index contributed by atoms with van der Waals surface area (Å²) in [7, 11) is 0. The molecule has 2 fully saturated rings. The molecule has 2 unspecified atom stereocenters. The van der Waals surface area contributed by atoms with Gasteiger partial charge in [-0.05, 0) is 39.0 Å². The molecule has 2 nitrogen and oxygen atoms in total. The summed E-state index contributed by atoms with van der Waals surface area (Å²) in [5.41, 5.74) is 0.248. The Labute approximate surface area is 106 Å². The van der Waals surface area contributed by atoms with E-state index in [0.29, 0.717) is 0 Å². The van der Waals surface area contributed by atoms with Crippen LogP contribution in [-0.4, -0.2) is 11.4 Å². The summed E-state index contributed by atoms with van der Waals surface area (Å²) < 4.78 is 0. The molecule has 1 saturated heterocycles. The fraction of sp³-hybridized carbons (Fsp3) is 0.933. The number of amides is 1. The van der Waals surface area contributed by atoms with Crippen LogP contribution in [-0.2, 0) is 4.79 Å². The fourth-order valence-electron chi connectivity index (χ4n) is 4.03. The van der Waals surface area contributed by atoms with Crippen LogP contribution in [0.15, 0.2) is 0 Å². The second-order valence-electron chi connectivity index (χ2n) is 6.72. The number of nitrogens with one attached hydrogen (secondary N) is 1. The van der Waals surface area contributed by atoms with Gasteiger partial charge in [-0.25, -0.2) is 0 Å². The van der Waals surface area contributed by atoms with Gasteiger partial charge in [0.2, 0.25) is 5.91 Å². The van der Waals surface area contributed by atoms with Crippen molar-refractivity contribution in [2.24, 2.45) is 11.3 Å². The molecule has 2 rings (SSSR count). The molecule has 1 spiro atoms. The molecule has 0 aromatic heterocycles. The Kier molecular flexibility index (Phi) is 3.51. The van der Waals surface area contributed by atoms with E-state index in [1.807, 2.05) is 0 Å². The molecule has 1 heterocycles. The van der Waals surface area contributed by atoms with Crippen molar-refractivity contribution >= 4 is 5.91 Å². The first kappa shape index (κ1) is 12.9. The molecule has 1 N–H and O–H groups in total. The Morgan fingerprint density at radius 3 is 2.65 bits per heavy atom. The molecule has 2 atom stereocenters. The maximum atomic E-state index is 11.7. The Hall–Kier alpha value is -0.530. The molecule has 98 valence electrons. The lowest BCUT2D eigenvalue weighted by Gasteiger charge is -2.40. The summed E-state index contributed by atoms with van der Waals surface area (Å²) in [5, 5.41) is 3.19. The van der Waals surface area contributed by atoms with Gasteiger partial charge in [0.1, 0.15) is 0 Å². The largest absolute Gasteiger partial charge is 0.351 e. The minimum atomic E-state index is 0.00515. The van der Waals surface area contributed by atoms with E-state index in [-0.39, 0.29) is 16.9 Å². The van der Waals surface area contributed by atoms with Gasteiger partial charge < -0.3 is 5.32 Å². The molecule has 17 heavy (non-hydrogen) atoms. The average Bonchev–Trinajstić information content (AvgIpc) is 2.38. The third-order valence-electron chi connectivity index (χ3n) is 5.27. The maximum absolute atomic E-state index is 11.7. The smallest absolute Gasteiger partial charge is 0.221 e. The molecule has 1 aliphatic heterocycles. The summed E-state index contributed by atoms with van der Waals surface area (Å²) >= 11 is 0. The zero-order valence-corrected chi connectivity index (χ0v) is 11.6. The summed E-state index contributed by atoms with van der Waals surface area (Å²) in [4.78, 5) is 11.7. The zero-order chi connectivity index (χ0) is 12.5. The SMILES string of the molecule is CCCC1CCCC2(CC1)CC(=O)NC2(C)C. The van der Waals surface area contributed by atoms with Crippen LogP contribution in [0.5, 0.6) is 0 Å².